The van der Waals surface area contributed by atoms with E-state index in [1.54, 1.807) is 11.0 Å². The Kier molecular flexibility index (Phi) is 4.73. The van der Waals surface area contributed by atoms with E-state index in [1.165, 1.54) is 14.2 Å². The maximum atomic E-state index is 12.3. The van der Waals surface area contributed by atoms with Crippen LogP contribution in [0.4, 0.5) is 0 Å². The fourth-order valence-electron chi connectivity index (χ4n) is 2.31. The van der Waals surface area contributed by atoms with Gasteiger partial charge in [-0.25, -0.2) is 0 Å². The molecule has 2 rings (SSSR count). The average molecular weight is 282 g/mol. The third-order valence-electron chi connectivity index (χ3n) is 3.31. The van der Waals surface area contributed by atoms with Crippen molar-refractivity contribution in [3.8, 4) is 0 Å². The molecule has 7 nitrogen and oxygen atoms in total. The molecular weight excluding hydrogens is 264 g/mol. The van der Waals surface area contributed by atoms with Crippen LogP contribution in [0.1, 0.15) is 29.1 Å². The number of carbonyl (C=O) groups is 2. The number of hydrogen-bond donors (Lipinski definition) is 0. The first-order valence-corrected chi connectivity index (χ1v) is 6.47. The van der Waals surface area contributed by atoms with Crippen LogP contribution in [0, 0.1) is 5.92 Å². The predicted molar refractivity (Wildman–Crippen MR) is 67.9 cm³/mol. The first-order valence-electron chi connectivity index (χ1n) is 6.47. The van der Waals surface area contributed by atoms with Crippen molar-refractivity contribution in [1.82, 2.24) is 10.1 Å². The van der Waals surface area contributed by atoms with Gasteiger partial charge in [0.1, 0.15) is 6.61 Å². The fraction of sp³-hybridized carbons (Fsp3) is 0.615. The highest BCUT2D eigenvalue weighted by Gasteiger charge is 2.30. The summed E-state index contributed by atoms with van der Waals surface area (Å²) in [4.78, 5) is 25.4. The van der Waals surface area contributed by atoms with Crippen LogP contribution in [0.3, 0.4) is 0 Å². The largest absolute Gasteiger partial charge is 0.469 e. The normalized spacial score (nSPS) is 18.9. The number of aromatic nitrogens is 1. The lowest BCUT2D eigenvalue weighted by Gasteiger charge is -2.30. The van der Waals surface area contributed by atoms with E-state index in [-0.39, 0.29) is 30.1 Å². The van der Waals surface area contributed by atoms with E-state index in [0.29, 0.717) is 18.8 Å². The molecule has 1 fully saturated rings. The molecule has 0 spiro atoms. The van der Waals surface area contributed by atoms with Gasteiger partial charge in [0.2, 0.25) is 0 Å². The highest BCUT2D eigenvalue weighted by atomic mass is 16.5. The summed E-state index contributed by atoms with van der Waals surface area (Å²) in [6, 6.07) is 1.56. The standard InChI is InChI=1S/C13H18N2O5/c1-18-8-10-6-11(14-20-10)12(16)15-5-3-4-9(7-15)13(17)19-2/h6,9H,3-5,7-8H2,1-2H3. The zero-order valence-electron chi connectivity index (χ0n) is 11.6. The number of hydrogen-bond acceptors (Lipinski definition) is 6. The molecule has 1 unspecified atom stereocenters. The Morgan fingerprint density at radius 1 is 1.50 bits per heavy atom. The van der Waals surface area contributed by atoms with Crippen LogP contribution in [0.2, 0.25) is 0 Å². The second-order valence-corrected chi connectivity index (χ2v) is 4.72. The summed E-state index contributed by atoms with van der Waals surface area (Å²) in [6.07, 6.45) is 1.51. The van der Waals surface area contributed by atoms with Gasteiger partial charge in [-0.05, 0) is 12.8 Å². The summed E-state index contributed by atoms with van der Waals surface area (Å²) < 4.78 is 14.6. The van der Waals surface area contributed by atoms with Crippen molar-refractivity contribution in [2.45, 2.75) is 19.4 Å². The molecule has 0 radical (unpaired) electrons. The van der Waals surface area contributed by atoms with Gasteiger partial charge in [-0.2, -0.15) is 0 Å². The second-order valence-electron chi connectivity index (χ2n) is 4.72. The van der Waals surface area contributed by atoms with Crippen LogP contribution in [0.15, 0.2) is 10.6 Å². The van der Waals surface area contributed by atoms with Crippen molar-refractivity contribution in [3.63, 3.8) is 0 Å². The molecule has 0 bridgehead atoms. The Hall–Kier alpha value is -1.89. The summed E-state index contributed by atoms with van der Waals surface area (Å²) in [5.41, 5.74) is 0.238. The minimum Gasteiger partial charge on any atom is -0.469 e. The number of piperidine rings is 1. The number of carbonyl (C=O) groups excluding carboxylic acids is 2. The molecular formula is C13H18N2O5. The Bertz CT molecular complexity index is 485. The van der Waals surface area contributed by atoms with E-state index in [9.17, 15) is 9.59 Å². The van der Waals surface area contributed by atoms with Gasteiger partial charge in [0.25, 0.3) is 5.91 Å². The van der Waals surface area contributed by atoms with Crippen molar-refractivity contribution in [1.29, 1.82) is 0 Å². The van der Waals surface area contributed by atoms with E-state index in [1.807, 2.05) is 0 Å². The van der Waals surface area contributed by atoms with Crippen LogP contribution in [-0.4, -0.2) is 49.2 Å². The Morgan fingerprint density at radius 2 is 2.30 bits per heavy atom. The summed E-state index contributed by atoms with van der Waals surface area (Å²) in [6.45, 7) is 1.24. The molecule has 20 heavy (non-hydrogen) atoms. The Morgan fingerprint density at radius 3 is 3.00 bits per heavy atom. The number of likely N-dealkylation sites (tertiary alicyclic amines) is 1. The topological polar surface area (TPSA) is 81.9 Å². The SMILES string of the molecule is COCc1cc(C(=O)N2CCCC(C(=O)OC)C2)no1. The first kappa shape index (κ1) is 14.5. The molecule has 1 saturated heterocycles. The lowest BCUT2D eigenvalue weighted by molar-refractivity contribution is -0.146. The van der Waals surface area contributed by atoms with Gasteiger partial charge in [-0.1, -0.05) is 5.16 Å². The summed E-state index contributed by atoms with van der Waals surface area (Å²) >= 11 is 0. The van der Waals surface area contributed by atoms with Crippen molar-refractivity contribution >= 4 is 11.9 Å². The monoisotopic (exact) mass is 282 g/mol. The first-order chi connectivity index (χ1) is 9.65. The number of amides is 1. The van der Waals surface area contributed by atoms with Gasteiger partial charge >= 0.3 is 5.97 Å². The molecule has 0 N–H and O–H groups in total. The third-order valence-corrected chi connectivity index (χ3v) is 3.31. The molecule has 110 valence electrons. The van der Waals surface area contributed by atoms with Crippen LogP contribution in [0.25, 0.3) is 0 Å². The average Bonchev–Trinajstić information content (AvgIpc) is 2.95. The van der Waals surface area contributed by atoms with Crippen molar-refractivity contribution < 1.29 is 23.6 Å². The highest BCUT2D eigenvalue weighted by molar-refractivity contribution is 5.92. The van der Waals surface area contributed by atoms with Crippen LogP contribution in [-0.2, 0) is 20.9 Å². The van der Waals surface area contributed by atoms with Crippen LogP contribution >= 0.6 is 0 Å². The van der Waals surface area contributed by atoms with Crippen molar-refractivity contribution in [3.05, 3.63) is 17.5 Å². The molecule has 1 atom stereocenters. The number of nitrogens with zero attached hydrogens (tertiary/aromatic N) is 2. The van der Waals surface area contributed by atoms with Gasteiger partial charge in [-0.3, -0.25) is 9.59 Å². The maximum Gasteiger partial charge on any atom is 0.310 e. The van der Waals surface area contributed by atoms with E-state index < -0.39 is 0 Å². The molecule has 0 aromatic carbocycles. The number of rotatable bonds is 4. The summed E-state index contributed by atoms with van der Waals surface area (Å²) in [5, 5.41) is 3.74. The van der Waals surface area contributed by atoms with E-state index in [0.717, 1.165) is 12.8 Å². The zero-order valence-corrected chi connectivity index (χ0v) is 11.6. The smallest absolute Gasteiger partial charge is 0.310 e. The summed E-state index contributed by atoms with van der Waals surface area (Å²) in [5.74, 6) is -0.271. The van der Waals surface area contributed by atoms with Crippen LogP contribution in [0.5, 0.6) is 0 Å². The van der Waals surface area contributed by atoms with Crippen molar-refractivity contribution in [2.75, 3.05) is 27.3 Å². The molecule has 2 heterocycles. The lowest BCUT2D eigenvalue weighted by atomic mass is 9.98. The number of ether oxygens (including phenoxy) is 2. The molecule has 0 aliphatic carbocycles. The highest BCUT2D eigenvalue weighted by Crippen LogP contribution is 2.19. The van der Waals surface area contributed by atoms with Gasteiger partial charge in [-0.15, -0.1) is 0 Å². The molecule has 1 aliphatic heterocycles. The lowest BCUT2D eigenvalue weighted by Crippen LogP contribution is -2.42. The Labute approximate surface area is 116 Å². The van der Waals surface area contributed by atoms with E-state index >= 15 is 0 Å². The predicted octanol–water partition coefficient (Wildman–Crippen LogP) is 0.846. The fourth-order valence-corrected chi connectivity index (χ4v) is 2.31. The molecule has 1 amide bonds. The minimum atomic E-state index is -0.275. The molecule has 7 heteroatoms. The number of esters is 1. The molecule has 1 aliphatic rings. The number of methoxy groups -OCH3 is 2. The minimum absolute atomic E-state index is 0.232. The van der Waals surface area contributed by atoms with Gasteiger partial charge < -0.3 is 18.9 Å². The maximum absolute atomic E-state index is 12.3. The Balaban J connectivity index is 2.02. The quantitative estimate of drug-likeness (QED) is 0.761. The molecule has 0 saturated carbocycles. The molecule has 1 aromatic rings. The van der Waals surface area contributed by atoms with Crippen LogP contribution < -0.4 is 0 Å². The van der Waals surface area contributed by atoms with Crippen molar-refractivity contribution in [2.24, 2.45) is 5.92 Å². The van der Waals surface area contributed by atoms with E-state index in [4.69, 9.17) is 14.0 Å². The third kappa shape index (κ3) is 3.16. The second kappa shape index (κ2) is 6.51. The van der Waals surface area contributed by atoms with Gasteiger partial charge in [0.05, 0.1) is 13.0 Å². The zero-order chi connectivity index (χ0) is 14.5. The summed E-state index contributed by atoms with van der Waals surface area (Å²) in [7, 11) is 2.90. The molecule has 1 aromatic heterocycles. The van der Waals surface area contributed by atoms with Gasteiger partial charge in [0, 0.05) is 26.3 Å². The van der Waals surface area contributed by atoms with Gasteiger partial charge in [0.15, 0.2) is 11.5 Å². The van der Waals surface area contributed by atoms with E-state index in [2.05, 4.69) is 5.16 Å².